The highest BCUT2D eigenvalue weighted by Crippen LogP contribution is 2.20. The van der Waals surface area contributed by atoms with Crippen LogP contribution in [0.25, 0.3) is 0 Å². The summed E-state index contributed by atoms with van der Waals surface area (Å²) in [6.07, 6.45) is 3.25. The Kier molecular flexibility index (Phi) is 4.16. The van der Waals surface area contributed by atoms with Gasteiger partial charge in [0.25, 0.3) is 5.91 Å². The molecule has 0 aromatic carbocycles. The fourth-order valence-electron chi connectivity index (χ4n) is 2.28. The molecule has 0 aliphatic carbocycles. The van der Waals surface area contributed by atoms with Gasteiger partial charge in [-0.25, -0.2) is 14.8 Å². The fourth-order valence-corrected chi connectivity index (χ4v) is 2.96. The van der Waals surface area contributed by atoms with Crippen LogP contribution >= 0.6 is 11.3 Å². The molecule has 1 aromatic rings. The number of carbonyl (C=O) groups excluding carboxylic acids is 1. The van der Waals surface area contributed by atoms with Gasteiger partial charge in [0.1, 0.15) is 0 Å². The van der Waals surface area contributed by atoms with Crippen molar-refractivity contribution in [3.05, 3.63) is 16.1 Å². The van der Waals surface area contributed by atoms with Crippen LogP contribution in [0.5, 0.6) is 0 Å². The number of nitrogens with zero attached hydrogens (tertiary/aromatic N) is 2. The number of nitrogens with one attached hydrogen (secondary N) is 1. The maximum atomic E-state index is 12.0. The van der Waals surface area contributed by atoms with Crippen LogP contribution in [0.1, 0.15) is 53.4 Å². The maximum Gasteiger partial charge on any atom is 0.355 e. The van der Waals surface area contributed by atoms with E-state index in [9.17, 15) is 9.59 Å². The first-order valence-electron chi connectivity index (χ1n) is 6.27. The van der Waals surface area contributed by atoms with Crippen molar-refractivity contribution in [1.29, 1.82) is 0 Å². The van der Waals surface area contributed by atoms with Crippen LogP contribution in [-0.2, 0) is 0 Å². The first-order valence-corrected chi connectivity index (χ1v) is 7.15. The van der Waals surface area contributed by atoms with Crippen molar-refractivity contribution in [2.75, 3.05) is 0 Å². The Morgan fingerprint density at radius 3 is 2.58 bits per heavy atom. The lowest BCUT2D eigenvalue weighted by molar-refractivity contribution is 0.0369. The molecule has 2 unspecified atom stereocenters. The standard InChI is InChI=1S/C12H17N3O3S/c1-7-4-3-5-8(2)15(7)14-10(16)11-13-9(6-19-11)12(17)18/h6-8H,3-5H2,1-2H3,(H,14,16)(H,17,18). The normalized spacial score (nSPS) is 24.1. The lowest BCUT2D eigenvalue weighted by Gasteiger charge is -2.38. The predicted octanol–water partition coefficient (Wildman–Crippen LogP) is 1.75. The first kappa shape index (κ1) is 14.0. The van der Waals surface area contributed by atoms with Crippen molar-refractivity contribution >= 4 is 23.2 Å². The summed E-state index contributed by atoms with van der Waals surface area (Å²) in [5, 5.41) is 12.3. The predicted molar refractivity (Wildman–Crippen MR) is 71.2 cm³/mol. The van der Waals surface area contributed by atoms with E-state index in [4.69, 9.17) is 5.11 Å². The van der Waals surface area contributed by atoms with Crippen molar-refractivity contribution in [1.82, 2.24) is 15.4 Å². The summed E-state index contributed by atoms with van der Waals surface area (Å²) in [6.45, 7) is 4.14. The number of aromatic carboxylic acids is 1. The van der Waals surface area contributed by atoms with Crippen LogP contribution in [0.15, 0.2) is 5.38 Å². The molecule has 1 fully saturated rings. The summed E-state index contributed by atoms with van der Waals surface area (Å²) < 4.78 is 0. The molecule has 6 nitrogen and oxygen atoms in total. The molecule has 1 aliphatic rings. The quantitative estimate of drug-likeness (QED) is 0.883. The molecule has 1 amide bonds. The number of carbonyl (C=O) groups is 2. The number of amides is 1. The lowest BCUT2D eigenvalue weighted by atomic mass is 10.00. The Labute approximate surface area is 115 Å². The Bertz CT molecular complexity index is 478. The van der Waals surface area contributed by atoms with Gasteiger partial charge in [-0.1, -0.05) is 6.42 Å². The fraction of sp³-hybridized carbons (Fsp3) is 0.583. The molecule has 7 heteroatoms. The molecule has 1 aliphatic heterocycles. The third kappa shape index (κ3) is 3.10. The molecule has 19 heavy (non-hydrogen) atoms. The molecule has 2 N–H and O–H groups in total. The molecule has 0 radical (unpaired) electrons. The molecule has 0 spiro atoms. The molecular formula is C12H17N3O3S. The molecule has 2 atom stereocenters. The number of aromatic nitrogens is 1. The highest BCUT2D eigenvalue weighted by atomic mass is 32.1. The van der Waals surface area contributed by atoms with E-state index in [-0.39, 0.29) is 28.7 Å². The van der Waals surface area contributed by atoms with Crippen molar-refractivity contribution in [2.24, 2.45) is 0 Å². The van der Waals surface area contributed by atoms with Crippen LogP contribution in [0.3, 0.4) is 0 Å². The Morgan fingerprint density at radius 2 is 2.05 bits per heavy atom. The van der Waals surface area contributed by atoms with E-state index < -0.39 is 5.97 Å². The first-order chi connectivity index (χ1) is 8.99. The van der Waals surface area contributed by atoms with Crippen molar-refractivity contribution < 1.29 is 14.7 Å². The number of piperidine rings is 1. The van der Waals surface area contributed by atoms with E-state index in [2.05, 4.69) is 24.3 Å². The zero-order valence-corrected chi connectivity index (χ0v) is 11.7. The summed E-state index contributed by atoms with van der Waals surface area (Å²) in [7, 11) is 0. The number of rotatable bonds is 3. The molecular weight excluding hydrogens is 266 g/mol. The van der Waals surface area contributed by atoms with Gasteiger partial charge in [-0.05, 0) is 26.7 Å². The number of carboxylic acid groups (broad SMARTS) is 1. The SMILES string of the molecule is CC1CCCC(C)N1NC(=O)c1nc(C(=O)O)cs1. The molecule has 1 aromatic heterocycles. The number of thiazole rings is 1. The summed E-state index contributed by atoms with van der Waals surface area (Å²) in [5.74, 6) is -1.45. The molecule has 2 rings (SSSR count). The van der Waals surface area contributed by atoms with Crippen LogP contribution in [0.4, 0.5) is 0 Å². The van der Waals surface area contributed by atoms with Crippen molar-refractivity contribution in [3.63, 3.8) is 0 Å². The number of hydrogen-bond acceptors (Lipinski definition) is 5. The Hall–Kier alpha value is -1.47. The van der Waals surface area contributed by atoms with E-state index in [1.165, 1.54) is 5.38 Å². The molecule has 104 valence electrons. The zero-order chi connectivity index (χ0) is 14.0. The molecule has 1 saturated heterocycles. The highest BCUT2D eigenvalue weighted by molar-refractivity contribution is 7.11. The third-order valence-electron chi connectivity index (χ3n) is 3.34. The van der Waals surface area contributed by atoms with Gasteiger partial charge >= 0.3 is 5.97 Å². The van der Waals surface area contributed by atoms with Crippen LogP contribution < -0.4 is 5.43 Å². The smallest absolute Gasteiger partial charge is 0.355 e. The van der Waals surface area contributed by atoms with E-state index in [1.807, 2.05) is 5.01 Å². The van der Waals surface area contributed by atoms with Crippen molar-refractivity contribution in [3.8, 4) is 0 Å². The topological polar surface area (TPSA) is 82.5 Å². The Morgan fingerprint density at radius 1 is 1.42 bits per heavy atom. The van der Waals surface area contributed by atoms with E-state index >= 15 is 0 Å². The second-order valence-corrected chi connectivity index (χ2v) is 5.68. The van der Waals surface area contributed by atoms with Gasteiger partial charge in [0.05, 0.1) is 0 Å². The summed E-state index contributed by atoms with van der Waals surface area (Å²) in [4.78, 5) is 26.6. The second kappa shape index (κ2) is 5.66. The number of carboxylic acids is 1. The number of hydrogen-bond donors (Lipinski definition) is 2. The van der Waals surface area contributed by atoms with Gasteiger partial charge in [0, 0.05) is 17.5 Å². The van der Waals surface area contributed by atoms with Crippen LogP contribution in [0, 0.1) is 0 Å². The summed E-state index contributed by atoms with van der Waals surface area (Å²) >= 11 is 1.05. The minimum Gasteiger partial charge on any atom is -0.476 e. The van der Waals surface area contributed by atoms with Crippen LogP contribution in [0.2, 0.25) is 0 Å². The van der Waals surface area contributed by atoms with Gasteiger partial charge in [0.15, 0.2) is 10.7 Å². The highest BCUT2D eigenvalue weighted by Gasteiger charge is 2.27. The molecule has 2 heterocycles. The van der Waals surface area contributed by atoms with Gasteiger partial charge in [0.2, 0.25) is 0 Å². The third-order valence-corrected chi connectivity index (χ3v) is 4.18. The monoisotopic (exact) mass is 283 g/mol. The van der Waals surface area contributed by atoms with Gasteiger partial charge in [-0.2, -0.15) is 0 Å². The van der Waals surface area contributed by atoms with Gasteiger partial charge in [-0.15, -0.1) is 11.3 Å². The van der Waals surface area contributed by atoms with Gasteiger partial charge in [-0.3, -0.25) is 10.2 Å². The largest absolute Gasteiger partial charge is 0.476 e. The van der Waals surface area contributed by atoms with E-state index in [0.717, 1.165) is 30.6 Å². The number of hydrazine groups is 1. The van der Waals surface area contributed by atoms with E-state index in [0.29, 0.717) is 0 Å². The summed E-state index contributed by atoms with van der Waals surface area (Å²) in [5.41, 5.74) is 2.75. The minimum atomic E-state index is -1.12. The van der Waals surface area contributed by atoms with Crippen molar-refractivity contribution in [2.45, 2.75) is 45.2 Å². The van der Waals surface area contributed by atoms with Gasteiger partial charge < -0.3 is 5.11 Å². The molecule has 0 saturated carbocycles. The summed E-state index contributed by atoms with van der Waals surface area (Å²) in [6, 6.07) is 0.568. The molecule has 0 bridgehead atoms. The van der Waals surface area contributed by atoms with E-state index in [1.54, 1.807) is 0 Å². The average Bonchev–Trinajstić information content (AvgIpc) is 2.83. The zero-order valence-electron chi connectivity index (χ0n) is 10.9. The lowest BCUT2D eigenvalue weighted by Crippen LogP contribution is -2.54. The maximum absolute atomic E-state index is 12.0. The second-order valence-electron chi connectivity index (χ2n) is 4.82. The average molecular weight is 283 g/mol. The van der Waals surface area contributed by atoms with Crippen LogP contribution in [-0.4, -0.2) is 39.1 Å². The Balaban J connectivity index is 2.05. The minimum absolute atomic E-state index is 0.0881.